The third-order valence-corrected chi connectivity index (χ3v) is 4.54. The van der Waals surface area contributed by atoms with E-state index >= 15 is 0 Å². The van der Waals surface area contributed by atoms with Crippen molar-refractivity contribution < 1.29 is 4.79 Å². The Morgan fingerprint density at radius 3 is 2.24 bits per heavy atom. The van der Waals surface area contributed by atoms with Gasteiger partial charge in [0.15, 0.2) is 0 Å². The summed E-state index contributed by atoms with van der Waals surface area (Å²) in [7, 11) is 0. The molecular formula is C22H28N2O. The van der Waals surface area contributed by atoms with Crippen LogP contribution in [0.2, 0.25) is 0 Å². The highest BCUT2D eigenvalue weighted by atomic mass is 16.2. The molecule has 0 heterocycles. The lowest BCUT2D eigenvalue weighted by molar-refractivity contribution is -0.124. The van der Waals surface area contributed by atoms with E-state index in [-0.39, 0.29) is 11.4 Å². The van der Waals surface area contributed by atoms with Crippen molar-refractivity contribution in [2.45, 2.75) is 51.2 Å². The summed E-state index contributed by atoms with van der Waals surface area (Å²) in [6.45, 7) is 7.33. The van der Waals surface area contributed by atoms with E-state index in [2.05, 4.69) is 64.8 Å². The van der Waals surface area contributed by atoms with Gasteiger partial charge in [0.2, 0.25) is 5.91 Å². The van der Waals surface area contributed by atoms with Crippen LogP contribution in [0, 0.1) is 0 Å². The molecule has 0 spiro atoms. The van der Waals surface area contributed by atoms with E-state index < -0.39 is 0 Å². The van der Waals surface area contributed by atoms with Crippen molar-refractivity contribution in [1.29, 1.82) is 0 Å². The second-order valence-corrected chi connectivity index (χ2v) is 8.01. The smallest absolute Gasteiger partial charge is 0.234 e. The van der Waals surface area contributed by atoms with Gasteiger partial charge in [-0.3, -0.25) is 9.69 Å². The second kappa shape index (κ2) is 7.40. The lowest BCUT2D eigenvalue weighted by Crippen LogP contribution is -2.46. The number of rotatable bonds is 6. The van der Waals surface area contributed by atoms with E-state index in [9.17, 15) is 4.79 Å². The van der Waals surface area contributed by atoms with Crippen LogP contribution < -0.4 is 5.32 Å². The van der Waals surface area contributed by atoms with Crippen LogP contribution in [-0.4, -0.2) is 28.9 Å². The zero-order chi connectivity index (χ0) is 17.9. The zero-order valence-electron chi connectivity index (χ0n) is 15.4. The maximum atomic E-state index is 12.5. The van der Waals surface area contributed by atoms with Gasteiger partial charge in [-0.05, 0) is 38.3 Å². The van der Waals surface area contributed by atoms with E-state index in [1.807, 2.05) is 26.8 Å². The Labute approximate surface area is 151 Å². The fourth-order valence-electron chi connectivity index (χ4n) is 3.39. The van der Waals surface area contributed by atoms with Gasteiger partial charge in [-0.25, -0.2) is 0 Å². The van der Waals surface area contributed by atoms with Crippen molar-refractivity contribution in [2.75, 3.05) is 6.54 Å². The molecule has 1 aliphatic rings. The second-order valence-electron chi connectivity index (χ2n) is 8.01. The summed E-state index contributed by atoms with van der Waals surface area (Å²) in [6, 6.07) is 21.5. The topological polar surface area (TPSA) is 32.3 Å². The third-order valence-electron chi connectivity index (χ3n) is 4.54. The van der Waals surface area contributed by atoms with Gasteiger partial charge < -0.3 is 5.32 Å². The van der Waals surface area contributed by atoms with Gasteiger partial charge in [0.05, 0.1) is 6.54 Å². The van der Waals surface area contributed by atoms with Crippen LogP contribution in [0.5, 0.6) is 0 Å². The van der Waals surface area contributed by atoms with Crippen molar-refractivity contribution in [3.63, 3.8) is 0 Å². The minimum Gasteiger partial charge on any atom is -0.350 e. The molecular weight excluding hydrogens is 308 g/mol. The van der Waals surface area contributed by atoms with Gasteiger partial charge in [-0.2, -0.15) is 0 Å². The van der Waals surface area contributed by atoms with Gasteiger partial charge in [0.25, 0.3) is 0 Å². The molecule has 1 saturated carbocycles. The highest BCUT2D eigenvalue weighted by Gasteiger charge is 2.43. The molecule has 1 amide bonds. The Bertz CT molecular complexity index is 691. The number of carbonyl (C=O) groups is 1. The first-order valence-corrected chi connectivity index (χ1v) is 9.06. The predicted molar refractivity (Wildman–Crippen MR) is 102 cm³/mol. The van der Waals surface area contributed by atoms with Crippen LogP contribution in [0.4, 0.5) is 0 Å². The first-order chi connectivity index (χ1) is 11.9. The zero-order valence-corrected chi connectivity index (χ0v) is 15.4. The molecule has 2 atom stereocenters. The van der Waals surface area contributed by atoms with Crippen molar-refractivity contribution in [3.05, 3.63) is 71.8 Å². The van der Waals surface area contributed by atoms with E-state index in [4.69, 9.17) is 0 Å². The minimum atomic E-state index is -0.197. The molecule has 3 rings (SSSR count). The first kappa shape index (κ1) is 17.7. The summed E-state index contributed by atoms with van der Waals surface area (Å²) < 4.78 is 0. The molecule has 0 saturated heterocycles. The van der Waals surface area contributed by atoms with Gasteiger partial charge in [0, 0.05) is 24.0 Å². The van der Waals surface area contributed by atoms with E-state index in [1.54, 1.807) is 0 Å². The Morgan fingerprint density at radius 1 is 1.04 bits per heavy atom. The Hall–Kier alpha value is -2.13. The molecule has 1 N–H and O–H groups in total. The molecule has 0 aromatic heterocycles. The minimum absolute atomic E-state index is 0.0992. The van der Waals surface area contributed by atoms with Gasteiger partial charge in [0.1, 0.15) is 0 Å². The fraction of sp³-hybridized carbons (Fsp3) is 0.409. The molecule has 2 aromatic carbocycles. The molecule has 2 aromatic rings. The number of carbonyl (C=O) groups excluding carboxylic acids is 1. The number of amides is 1. The number of hydrogen-bond donors (Lipinski definition) is 1. The molecule has 1 unspecified atom stereocenters. The first-order valence-electron chi connectivity index (χ1n) is 9.06. The van der Waals surface area contributed by atoms with Crippen molar-refractivity contribution in [1.82, 2.24) is 10.2 Å². The highest BCUT2D eigenvalue weighted by Crippen LogP contribution is 2.45. The molecule has 1 aliphatic carbocycles. The summed E-state index contributed by atoms with van der Waals surface area (Å²) in [4.78, 5) is 14.8. The maximum Gasteiger partial charge on any atom is 0.234 e. The normalized spacial score (nSPS) is 19.7. The summed E-state index contributed by atoms with van der Waals surface area (Å²) in [5.41, 5.74) is 2.43. The lowest BCUT2D eigenvalue weighted by Gasteiger charge is -2.26. The van der Waals surface area contributed by atoms with Crippen molar-refractivity contribution in [2.24, 2.45) is 0 Å². The van der Waals surface area contributed by atoms with Crippen LogP contribution in [-0.2, 0) is 11.3 Å². The SMILES string of the molecule is CC(C)(C)NC(=O)CN(Cc1ccccc1)[C@H]1CC1c1ccccc1. The fourth-order valence-corrected chi connectivity index (χ4v) is 3.39. The predicted octanol–water partition coefficient (Wildman–Crippen LogP) is 3.96. The third kappa shape index (κ3) is 5.17. The Morgan fingerprint density at radius 2 is 1.64 bits per heavy atom. The van der Waals surface area contributed by atoms with E-state index in [0.29, 0.717) is 18.5 Å². The van der Waals surface area contributed by atoms with Crippen LogP contribution in [0.1, 0.15) is 44.2 Å². The lowest BCUT2D eigenvalue weighted by atomic mass is 10.1. The molecule has 0 bridgehead atoms. The van der Waals surface area contributed by atoms with Crippen molar-refractivity contribution in [3.8, 4) is 0 Å². The Balaban J connectivity index is 1.70. The largest absolute Gasteiger partial charge is 0.350 e. The summed E-state index contributed by atoms with van der Waals surface area (Å²) in [5.74, 6) is 0.634. The average molecular weight is 336 g/mol. The molecule has 3 heteroatoms. The molecule has 0 radical (unpaired) electrons. The van der Waals surface area contributed by atoms with Crippen molar-refractivity contribution >= 4 is 5.91 Å². The number of hydrogen-bond acceptors (Lipinski definition) is 2. The molecule has 3 nitrogen and oxygen atoms in total. The number of benzene rings is 2. The average Bonchev–Trinajstić information content (AvgIpc) is 3.35. The quantitative estimate of drug-likeness (QED) is 0.866. The highest BCUT2D eigenvalue weighted by molar-refractivity contribution is 5.78. The molecule has 1 fully saturated rings. The van der Waals surface area contributed by atoms with Crippen LogP contribution >= 0.6 is 0 Å². The maximum absolute atomic E-state index is 12.5. The van der Waals surface area contributed by atoms with Crippen LogP contribution in [0.15, 0.2) is 60.7 Å². The standard InChI is InChI=1S/C22H28N2O/c1-22(2,3)23-21(25)16-24(15-17-10-6-4-7-11-17)20-14-19(20)18-12-8-5-9-13-18/h4-13,19-20H,14-16H2,1-3H3,(H,23,25)/t19?,20-/m0/s1. The number of nitrogens with one attached hydrogen (secondary N) is 1. The monoisotopic (exact) mass is 336 g/mol. The summed E-state index contributed by atoms with van der Waals surface area (Å²) in [5, 5.41) is 3.09. The van der Waals surface area contributed by atoms with Gasteiger partial charge in [-0.1, -0.05) is 60.7 Å². The molecule has 132 valence electrons. The van der Waals surface area contributed by atoms with Crippen LogP contribution in [0.25, 0.3) is 0 Å². The van der Waals surface area contributed by atoms with Gasteiger partial charge in [-0.15, -0.1) is 0 Å². The summed E-state index contributed by atoms with van der Waals surface area (Å²) >= 11 is 0. The Kier molecular flexibility index (Phi) is 5.24. The van der Waals surface area contributed by atoms with Gasteiger partial charge >= 0.3 is 0 Å². The summed E-state index contributed by atoms with van der Waals surface area (Å²) in [6.07, 6.45) is 1.12. The van der Waals surface area contributed by atoms with Crippen LogP contribution in [0.3, 0.4) is 0 Å². The number of nitrogens with zero attached hydrogens (tertiary/aromatic N) is 1. The van der Waals surface area contributed by atoms with E-state index in [0.717, 1.165) is 13.0 Å². The molecule has 25 heavy (non-hydrogen) atoms. The van der Waals surface area contributed by atoms with E-state index in [1.165, 1.54) is 11.1 Å². The molecule has 0 aliphatic heterocycles.